The van der Waals surface area contributed by atoms with Crippen molar-refractivity contribution in [2.24, 2.45) is 0 Å². The highest BCUT2D eigenvalue weighted by atomic mass is 35.5. The molecule has 0 amide bonds. The lowest BCUT2D eigenvalue weighted by molar-refractivity contribution is -0.138. The van der Waals surface area contributed by atoms with Crippen molar-refractivity contribution in [1.82, 2.24) is 4.98 Å². The average molecular weight is 304 g/mol. The third-order valence-electron chi connectivity index (χ3n) is 2.03. The van der Waals surface area contributed by atoms with Crippen molar-refractivity contribution >= 4 is 17.6 Å². The molecule has 0 saturated carbocycles. The largest absolute Gasteiger partial charge is 0.461 e. The zero-order valence-corrected chi connectivity index (χ0v) is 10.1. The minimum atomic E-state index is -5.10. The van der Waals surface area contributed by atoms with Crippen molar-refractivity contribution in [2.75, 3.05) is 6.61 Å². The van der Waals surface area contributed by atoms with Gasteiger partial charge in [-0.15, -0.1) is 0 Å². The molecule has 0 N–H and O–H groups in total. The van der Waals surface area contributed by atoms with Crippen LogP contribution in [0.4, 0.5) is 22.0 Å². The number of esters is 1. The molecular weight excluding hydrogens is 297 g/mol. The summed E-state index contributed by atoms with van der Waals surface area (Å²) in [6.45, 7) is 1.19. The van der Waals surface area contributed by atoms with Gasteiger partial charge in [0, 0.05) is 6.20 Å². The first-order valence-corrected chi connectivity index (χ1v) is 5.28. The Morgan fingerprint density at radius 3 is 2.47 bits per heavy atom. The quantitative estimate of drug-likeness (QED) is 0.628. The average Bonchev–Trinajstić information content (AvgIpc) is 2.26. The van der Waals surface area contributed by atoms with Crippen LogP contribution >= 0.6 is 11.6 Å². The second-order valence-electron chi connectivity index (χ2n) is 3.27. The van der Waals surface area contributed by atoms with Crippen molar-refractivity contribution in [3.8, 4) is 0 Å². The van der Waals surface area contributed by atoms with Crippen LogP contribution in [0.3, 0.4) is 0 Å². The standard InChI is InChI=1S/C10H7ClF5NO2/c1-2-19-9(18)7-5(10(14,15)16)6(11)4(3-17-7)8(12)13/h3,8H,2H2,1H3. The monoisotopic (exact) mass is 303 g/mol. The molecule has 19 heavy (non-hydrogen) atoms. The number of halogens is 6. The van der Waals surface area contributed by atoms with Crippen LogP contribution in [0.15, 0.2) is 6.20 Å². The van der Waals surface area contributed by atoms with Crippen LogP contribution in [-0.2, 0) is 10.9 Å². The molecule has 1 heterocycles. The fraction of sp³-hybridized carbons (Fsp3) is 0.400. The van der Waals surface area contributed by atoms with Gasteiger partial charge in [0.2, 0.25) is 0 Å². The van der Waals surface area contributed by atoms with Crippen LogP contribution in [0.2, 0.25) is 5.02 Å². The smallest absolute Gasteiger partial charge is 0.420 e. The van der Waals surface area contributed by atoms with Gasteiger partial charge in [-0.05, 0) is 6.92 Å². The molecular formula is C10H7ClF5NO2. The maximum Gasteiger partial charge on any atom is 0.420 e. The summed E-state index contributed by atoms with van der Waals surface area (Å²) in [4.78, 5) is 14.4. The van der Waals surface area contributed by atoms with E-state index in [0.29, 0.717) is 6.20 Å². The number of hydrogen-bond donors (Lipinski definition) is 0. The Morgan fingerprint density at radius 2 is 2.05 bits per heavy atom. The fourth-order valence-electron chi connectivity index (χ4n) is 1.27. The predicted octanol–water partition coefficient (Wildman–Crippen LogP) is 3.87. The number of carbonyl (C=O) groups is 1. The molecule has 0 spiro atoms. The Balaban J connectivity index is 3.49. The van der Waals surface area contributed by atoms with Gasteiger partial charge in [-0.3, -0.25) is 0 Å². The Kier molecular flexibility index (Phi) is 4.67. The summed E-state index contributed by atoms with van der Waals surface area (Å²) >= 11 is 5.29. The van der Waals surface area contributed by atoms with Crippen LogP contribution in [-0.4, -0.2) is 17.6 Å². The second-order valence-corrected chi connectivity index (χ2v) is 3.65. The third kappa shape index (κ3) is 3.31. The van der Waals surface area contributed by atoms with E-state index in [9.17, 15) is 26.7 Å². The van der Waals surface area contributed by atoms with Crippen LogP contribution in [0.25, 0.3) is 0 Å². The van der Waals surface area contributed by atoms with E-state index in [1.807, 2.05) is 0 Å². The Hall–Kier alpha value is -1.44. The maximum atomic E-state index is 12.8. The first-order valence-electron chi connectivity index (χ1n) is 4.91. The zero-order chi connectivity index (χ0) is 14.8. The molecule has 0 aliphatic heterocycles. The fourth-order valence-corrected chi connectivity index (χ4v) is 1.60. The van der Waals surface area contributed by atoms with E-state index in [4.69, 9.17) is 11.6 Å². The van der Waals surface area contributed by atoms with Crippen molar-refractivity contribution in [1.29, 1.82) is 0 Å². The van der Waals surface area contributed by atoms with E-state index in [1.54, 1.807) is 0 Å². The summed E-state index contributed by atoms with van der Waals surface area (Å²) in [7, 11) is 0. The first kappa shape index (κ1) is 15.6. The van der Waals surface area contributed by atoms with Gasteiger partial charge < -0.3 is 4.74 Å². The van der Waals surface area contributed by atoms with Crippen molar-refractivity contribution in [3.63, 3.8) is 0 Å². The minimum absolute atomic E-state index is 0.188. The van der Waals surface area contributed by atoms with Crippen LogP contribution < -0.4 is 0 Å². The van der Waals surface area contributed by atoms with Gasteiger partial charge in [0.25, 0.3) is 6.43 Å². The number of rotatable bonds is 3. The molecule has 0 aromatic carbocycles. The Morgan fingerprint density at radius 1 is 1.47 bits per heavy atom. The van der Waals surface area contributed by atoms with Gasteiger partial charge in [0.05, 0.1) is 17.2 Å². The molecule has 9 heteroatoms. The molecule has 3 nitrogen and oxygen atoms in total. The van der Waals surface area contributed by atoms with E-state index < -0.39 is 40.4 Å². The van der Waals surface area contributed by atoms with E-state index in [2.05, 4.69) is 9.72 Å². The minimum Gasteiger partial charge on any atom is -0.461 e. The Labute approximate surface area is 109 Å². The number of carbonyl (C=O) groups excluding carboxylic acids is 1. The second kappa shape index (κ2) is 5.68. The summed E-state index contributed by atoms with van der Waals surface area (Å²) in [5.41, 5.74) is -3.95. The van der Waals surface area contributed by atoms with Gasteiger partial charge in [-0.2, -0.15) is 13.2 Å². The van der Waals surface area contributed by atoms with Gasteiger partial charge in [-0.25, -0.2) is 18.6 Å². The summed E-state index contributed by atoms with van der Waals surface area (Å²) in [5, 5.41) is -1.25. The number of hydrogen-bond acceptors (Lipinski definition) is 3. The van der Waals surface area contributed by atoms with Crippen LogP contribution in [0.1, 0.15) is 35.0 Å². The zero-order valence-electron chi connectivity index (χ0n) is 9.39. The maximum absolute atomic E-state index is 12.8. The van der Waals surface area contributed by atoms with Crippen molar-refractivity contribution < 1.29 is 31.5 Å². The summed E-state index contributed by atoms with van der Waals surface area (Å²) in [6.07, 6.45) is -7.91. The molecule has 0 radical (unpaired) electrons. The number of ether oxygens (including phenoxy) is 1. The van der Waals surface area contributed by atoms with E-state index in [1.165, 1.54) is 6.92 Å². The van der Waals surface area contributed by atoms with Gasteiger partial charge in [0.15, 0.2) is 5.69 Å². The molecule has 1 aromatic rings. The van der Waals surface area contributed by atoms with Gasteiger partial charge in [-0.1, -0.05) is 11.6 Å². The number of alkyl halides is 5. The third-order valence-corrected chi connectivity index (χ3v) is 2.44. The SMILES string of the molecule is CCOC(=O)c1ncc(C(F)F)c(Cl)c1C(F)(F)F. The first-order chi connectivity index (χ1) is 8.70. The van der Waals surface area contributed by atoms with Gasteiger partial charge in [0.1, 0.15) is 5.56 Å². The topological polar surface area (TPSA) is 39.2 Å². The lowest BCUT2D eigenvalue weighted by Gasteiger charge is -2.15. The van der Waals surface area contributed by atoms with E-state index in [0.717, 1.165) is 0 Å². The molecule has 0 atom stereocenters. The summed E-state index contributed by atoms with van der Waals surface area (Å²) in [5.74, 6) is -1.38. The van der Waals surface area contributed by atoms with Crippen molar-refractivity contribution in [2.45, 2.75) is 19.5 Å². The molecule has 1 rings (SSSR count). The van der Waals surface area contributed by atoms with Crippen molar-refractivity contribution in [3.05, 3.63) is 28.0 Å². The van der Waals surface area contributed by atoms with E-state index >= 15 is 0 Å². The molecule has 1 aromatic heterocycles. The molecule has 0 aliphatic carbocycles. The highest BCUT2D eigenvalue weighted by molar-refractivity contribution is 6.32. The highest BCUT2D eigenvalue weighted by Gasteiger charge is 2.41. The number of pyridine rings is 1. The summed E-state index contributed by atoms with van der Waals surface area (Å²) < 4.78 is 67.6. The molecule has 0 saturated heterocycles. The van der Waals surface area contributed by atoms with Crippen LogP contribution in [0.5, 0.6) is 0 Å². The predicted molar refractivity (Wildman–Crippen MR) is 55.2 cm³/mol. The van der Waals surface area contributed by atoms with E-state index in [-0.39, 0.29) is 6.61 Å². The number of nitrogens with zero attached hydrogens (tertiary/aromatic N) is 1. The normalized spacial score (nSPS) is 11.8. The molecule has 0 unspecified atom stereocenters. The van der Waals surface area contributed by atoms with Crippen LogP contribution in [0, 0.1) is 0 Å². The Bertz CT molecular complexity index is 490. The molecule has 0 aliphatic rings. The highest BCUT2D eigenvalue weighted by Crippen LogP contribution is 2.40. The molecule has 0 bridgehead atoms. The lowest BCUT2D eigenvalue weighted by Crippen LogP contribution is -2.18. The summed E-state index contributed by atoms with van der Waals surface area (Å²) in [6, 6.07) is 0. The molecule has 106 valence electrons. The molecule has 0 fully saturated rings. The van der Waals surface area contributed by atoms with Gasteiger partial charge >= 0.3 is 12.1 Å². The number of aromatic nitrogens is 1. The lowest BCUT2D eigenvalue weighted by atomic mass is 10.1.